The van der Waals surface area contributed by atoms with Crippen LogP contribution in [0.4, 0.5) is 0 Å². The Morgan fingerprint density at radius 2 is 1.74 bits per heavy atom. The van der Waals surface area contributed by atoms with Crippen LogP contribution < -0.4 is 5.32 Å². The van der Waals surface area contributed by atoms with E-state index in [1.807, 2.05) is 60.0 Å². The Kier molecular flexibility index (Phi) is 6.34. The number of halogens is 1. The van der Waals surface area contributed by atoms with Gasteiger partial charge in [-0.15, -0.1) is 0 Å². The largest absolute Gasteiger partial charge is 0.351 e. The van der Waals surface area contributed by atoms with Crippen LogP contribution in [0, 0.1) is 0 Å². The van der Waals surface area contributed by atoms with Crippen molar-refractivity contribution in [2.75, 3.05) is 0 Å². The fourth-order valence-corrected chi connectivity index (χ4v) is 5.42. The second kappa shape index (κ2) is 9.41. The van der Waals surface area contributed by atoms with Crippen molar-refractivity contribution in [3.63, 3.8) is 0 Å². The summed E-state index contributed by atoms with van der Waals surface area (Å²) in [4.78, 5) is 34.0. The average Bonchev–Trinajstić information content (AvgIpc) is 3.18. The van der Waals surface area contributed by atoms with E-state index in [1.165, 1.54) is 19.3 Å². The van der Waals surface area contributed by atoms with Gasteiger partial charge in [0, 0.05) is 17.6 Å². The molecule has 5 rings (SSSR count). The van der Waals surface area contributed by atoms with Crippen molar-refractivity contribution >= 4 is 34.4 Å². The van der Waals surface area contributed by atoms with Gasteiger partial charge in [-0.25, -0.2) is 4.98 Å². The van der Waals surface area contributed by atoms with E-state index >= 15 is 0 Å². The molecule has 2 heterocycles. The minimum atomic E-state index is -1.05. The van der Waals surface area contributed by atoms with Crippen LogP contribution in [0.25, 0.3) is 11.0 Å². The van der Waals surface area contributed by atoms with Crippen LogP contribution in [0.1, 0.15) is 68.1 Å². The highest BCUT2D eigenvalue weighted by Gasteiger charge is 2.48. The van der Waals surface area contributed by atoms with Crippen molar-refractivity contribution in [2.24, 2.45) is 0 Å². The van der Waals surface area contributed by atoms with E-state index in [0.29, 0.717) is 23.9 Å². The van der Waals surface area contributed by atoms with Gasteiger partial charge in [0.25, 0.3) is 5.91 Å². The number of amides is 2. The third-order valence-electron chi connectivity index (χ3n) is 7.34. The van der Waals surface area contributed by atoms with E-state index in [9.17, 15) is 9.59 Å². The van der Waals surface area contributed by atoms with Gasteiger partial charge in [-0.2, -0.15) is 0 Å². The molecular weight excluding hydrogens is 448 g/mol. The molecule has 3 aromatic rings. The summed E-state index contributed by atoms with van der Waals surface area (Å²) in [7, 11) is 0. The highest BCUT2D eigenvalue weighted by molar-refractivity contribution is 6.30. The maximum Gasteiger partial charge on any atom is 0.291 e. The van der Waals surface area contributed by atoms with Gasteiger partial charge < -0.3 is 14.8 Å². The number of aromatic nitrogens is 2. The zero-order valence-corrected chi connectivity index (χ0v) is 20.4. The second-order valence-corrected chi connectivity index (χ2v) is 10.3. The van der Waals surface area contributed by atoms with Crippen LogP contribution in [0.2, 0.25) is 5.02 Å². The third kappa shape index (κ3) is 4.31. The van der Waals surface area contributed by atoms with Crippen molar-refractivity contribution in [1.82, 2.24) is 19.8 Å². The fourth-order valence-electron chi connectivity index (χ4n) is 5.29. The zero-order chi connectivity index (χ0) is 23.7. The van der Waals surface area contributed by atoms with Gasteiger partial charge >= 0.3 is 0 Å². The topological polar surface area (TPSA) is 67.2 Å². The van der Waals surface area contributed by atoms with Crippen LogP contribution in [0.5, 0.6) is 0 Å². The molecule has 1 aromatic heterocycles. The lowest BCUT2D eigenvalue weighted by molar-refractivity contribution is -0.134. The number of para-hydroxylation sites is 2. The Balaban J connectivity index is 1.51. The van der Waals surface area contributed by atoms with Crippen molar-refractivity contribution < 1.29 is 9.59 Å². The molecular formula is C27H31ClN4O2. The molecule has 2 aliphatic rings. The molecule has 7 heteroatoms. The van der Waals surface area contributed by atoms with E-state index < -0.39 is 5.54 Å². The zero-order valence-electron chi connectivity index (χ0n) is 19.6. The first kappa shape index (κ1) is 22.9. The van der Waals surface area contributed by atoms with Gasteiger partial charge in [0.05, 0.1) is 17.6 Å². The van der Waals surface area contributed by atoms with Crippen LogP contribution in [0.3, 0.4) is 0 Å². The minimum Gasteiger partial charge on any atom is -0.351 e. The SMILES string of the molecule is CC1(C(=O)NC2CCCCCCC2)Cn2c(nc3ccccc32)C(=O)N1Cc1ccc(Cl)cc1. The van der Waals surface area contributed by atoms with E-state index in [-0.39, 0.29) is 17.9 Å². The van der Waals surface area contributed by atoms with Crippen LogP contribution in [-0.4, -0.2) is 37.8 Å². The minimum absolute atomic E-state index is 0.0937. The number of imidazole rings is 1. The quantitative estimate of drug-likeness (QED) is 0.550. The van der Waals surface area contributed by atoms with Gasteiger partial charge in [0.1, 0.15) is 5.54 Å². The van der Waals surface area contributed by atoms with Crippen LogP contribution >= 0.6 is 11.6 Å². The lowest BCUT2D eigenvalue weighted by Crippen LogP contribution is -2.64. The van der Waals surface area contributed by atoms with Crippen LogP contribution in [0.15, 0.2) is 48.5 Å². The molecule has 1 fully saturated rings. The Morgan fingerprint density at radius 3 is 2.47 bits per heavy atom. The summed E-state index contributed by atoms with van der Waals surface area (Å²) >= 11 is 6.08. The van der Waals surface area contributed by atoms with Gasteiger partial charge in [-0.05, 0) is 49.6 Å². The summed E-state index contributed by atoms with van der Waals surface area (Å²) in [5.74, 6) is 0.0583. The molecule has 2 aromatic carbocycles. The summed E-state index contributed by atoms with van der Waals surface area (Å²) in [6.45, 7) is 2.56. The molecule has 1 aliphatic heterocycles. The molecule has 1 saturated carbocycles. The standard InChI is InChI=1S/C27H31ClN4O2/c1-27(26(34)29-21-9-5-3-2-4-6-10-21)18-31-23-12-8-7-11-22(23)30-24(31)25(33)32(27)17-19-13-15-20(28)16-14-19/h7-8,11-16,21H,2-6,9-10,17-18H2,1H3,(H,29,34). The normalized spacial score (nSPS) is 21.7. The number of hydrogen-bond donors (Lipinski definition) is 1. The molecule has 1 atom stereocenters. The van der Waals surface area contributed by atoms with Crippen molar-refractivity contribution in [3.8, 4) is 0 Å². The number of rotatable bonds is 4. The second-order valence-electron chi connectivity index (χ2n) is 9.82. The van der Waals surface area contributed by atoms with Gasteiger partial charge in [0.2, 0.25) is 5.91 Å². The fraction of sp³-hybridized carbons (Fsp3) is 0.444. The Bertz CT molecular complexity index is 1200. The molecule has 0 bridgehead atoms. The third-order valence-corrected chi connectivity index (χ3v) is 7.59. The summed E-state index contributed by atoms with van der Waals surface area (Å²) in [6.07, 6.45) is 7.96. The summed E-state index contributed by atoms with van der Waals surface area (Å²) < 4.78 is 1.91. The average molecular weight is 479 g/mol. The number of carbonyl (C=O) groups is 2. The molecule has 0 radical (unpaired) electrons. The Labute approximate surface area is 205 Å². The molecule has 1 aliphatic carbocycles. The molecule has 178 valence electrons. The predicted octanol–water partition coefficient (Wildman–Crippen LogP) is 5.33. The summed E-state index contributed by atoms with van der Waals surface area (Å²) in [5.41, 5.74) is 1.52. The first-order valence-electron chi connectivity index (χ1n) is 12.3. The number of carbonyl (C=O) groups excluding carboxylic acids is 2. The lowest BCUT2D eigenvalue weighted by atomic mass is 9.92. The Hall–Kier alpha value is -2.86. The molecule has 1 N–H and O–H groups in total. The summed E-state index contributed by atoms with van der Waals surface area (Å²) in [6, 6.07) is 15.3. The van der Waals surface area contributed by atoms with Gasteiger partial charge in [0.15, 0.2) is 5.82 Å². The van der Waals surface area contributed by atoms with Crippen molar-refractivity contribution in [2.45, 2.75) is 76.5 Å². The van der Waals surface area contributed by atoms with Gasteiger partial charge in [-0.3, -0.25) is 9.59 Å². The van der Waals surface area contributed by atoms with Crippen molar-refractivity contribution in [1.29, 1.82) is 0 Å². The van der Waals surface area contributed by atoms with Gasteiger partial charge in [-0.1, -0.05) is 68.0 Å². The maximum atomic E-state index is 13.9. The maximum absolute atomic E-state index is 13.9. The smallest absolute Gasteiger partial charge is 0.291 e. The highest BCUT2D eigenvalue weighted by Crippen LogP contribution is 2.32. The molecule has 0 spiro atoms. The highest BCUT2D eigenvalue weighted by atomic mass is 35.5. The summed E-state index contributed by atoms with van der Waals surface area (Å²) in [5, 5.41) is 3.96. The monoisotopic (exact) mass is 478 g/mol. The lowest BCUT2D eigenvalue weighted by Gasteiger charge is -2.44. The molecule has 34 heavy (non-hydrogen) atoms. The van der Waals surface area contributed by atoms with Crippen molar-refractivity contribution in [3.05, 3.63) is 64.9 Å². The first-order valence-corrected chi connectivity index (χ1v) is 12.7. The van der Waals surface area contributed by atoms with E-state index in [0.717, 1.165) is 42.3 Å². The number of fused-ring (bicyclic) bond motifs is 3. The van der Waals surface area contributed by atoms with E-state index in [4.69, 9.17) is 11.6 Å². The first-order chi connectivity index (χ1) is 16.5. The number of hydrogen-bond acceptors (Lipinski definition) is 3. The molecule has 0 saturated heterocycles. The number of benzene rings is 2. The van der Waals surface area contributed by atoms with Crippen LogP contribution in [-0.2, 0) is 17.9 Å². The van der Waals surface area contributed by atoms with E-state index in [2.05, 4.69) is 10.3 Å². The number of nitrogens with zero attached hydrogens (tertiary/aromatic N) is 3. The predicted molar refractivity (Wildman–Crippen MR) is 134 cm³/mol. The molecule has 1 unspecified atom stereocenters. The molecule has 2 amide bonds. The Morgan fingerprint density at radius 1 is 1.06 bits per heavy atom. The van der Waals surface area contributed by atoms with E-state index in [1.54, 1.807) is 4.90 Å². The molecule has 6 nitrogen and oxygen atoms in total. The number of nitrogens with one attached hydrogen (secondary N) is 1.